The summed E-state index contributed by atoms with van der Waals surface area (Å²) in [5, 5.41) is 7.66. The van der Waals surface area contributed by atoms with Gasteiger partial charge in [-0.25, -0.2) is 0 Å². The molecule has 6 nitrogen and oxygen atoms in total. The number of likely N-dealkylation sites (N-methyl/N-ethyl adjacent to an activating group) is 1. The van der Waals surface area contributed by atoms with Crippen LogP contribution in [0.4, 0.5) is 0 Å². The van der Waals surface area contributed by atoms with Gasteiger partial charge in [0.25, 0.3) is 0 Å². The van der Waals surface area contributed by atoms with E-state index in [1.54, 1.807) is 0 Å². The van der Waals surface area contributed by atoms with Crippen molar-refractivity contribution in [3.8, 4) is 0 Å². The minimum Gasteiger partial charge on any atom is -0.359 e. The van der Waals surface area contributed by atoms with E-state index in [4.69, 9.17) is 0 Å². The summed E-state index contributed by atoms with van der Waals surface area (Å²) < 4.78 is 0. The zero-order valence-corrected chi connectivity index (χ0v) is 13.1. The predicted molar refractivity (Wildman–Crippen MR) is 81.6 cm³/mol. The molecule has 0 aromatic carbocycles. The minimum atomic E-state index is -0.658. The van der Waals surface area contributed by atoms with Crippen LogP contribution in [0.2, 0.25) is 0 Å². The summed E-state index contributed by atoms with van der Waals surface area (Å²) >= 11 is 4.11. The quantitative estimate of drug-likeness (QED) is 0.344. The van der Waals surface area contributed by atoms with Crippen molar-refractivity contribution in [3.05, 3.63) is 0 Å². The molecule has 116 valence electrons. The maximum Gasteiger partial charge on any atom is 0.242 e. The van der Waals surface area contributed by atoms with Crippen molar-refractivity contribution in [2.24, 2.45) is 0 Å². The van der Waals surface area contributed by atoms with E-state index in [0.717, 1.165) is 25.0 Å². The van der Waals surface area contributed by atoms with Gasteiger partial charge in [-0.2, -0.15) is 12.6 Å². The molecule has 3 N–H and O–H groups in total. The van der Waals surface area contributed by atoms with E-state index >= 15 is 0 Å². The second kappa shape index (κ2) is 11.6. The Morgan fingerprint density at radius 2 is 1.65 bits per heavy atom. The summed E-state index contributed by atoms with van der Waals surface area (Å²) in [7, 11) is 3.05. The SMILES string of the molecule is CNC(=O)CCC(NC(=O)CCCCCS)C(=O)NC. The van der Waals surface area contributed by atoms with E-state index < -0.39 is 6.04 Å². The normalized spacial score (nSPS) is 11.6. The fraction of sp³-hybridized carbons (Fsp3) is 0.769. The second-order valence-electron chi connectivity index (χ2n) is 4.48. The van der Waals surface area contributed by atoms with Crippen LogP contribution in [0.15, 0.2) is 0 Å². The Hall–Kier alpha value is -1.24. The standard InChI is InChI=1S/C13H25N3O3S/c1-14-11(17)8-7-10(13(19)15-2)16-12(18)6-4-3-5-9-20/h10,20H,3-9H2,1-2H3,(H,14,17)(H,15,19)(H,16,18). The van der Waals surface area contributed by atoms with Crippen molar-refractivity contribution in [2.45, 2.75) is 44.6 Å². The smallest absolute Gasteiger partial charge is 0.242 e. The van der Waals surface area contributed by atoms with Crippen molar-refractivity contribution < 1.29 is 14.4 Å². The van der Waals surface area contributed by atoms with Crippen LogP contribution in [0.25, 0.3) is 0 Å². The number of unbranched alkanes of at least 4 members (excludes halogenated alkanes) is 2. The first-order valence-corrected chi connectivity index (χ1v) is 7.50. The summed E-state index contributed by atoms with van der Waals surface area (Å²) in [6, 6.07) is -0.658. The molecule has 0 aromatic rings. The molecule has 0 saturated carbocycles. The van der Waals surface area contributed by atoms with Gasteiger partial charge in [0.05, 0.1) is 0 Å². The Labute approximate surface area is 125 Å². The fourth-order valence-corrected chi connectivity index (χ4v) is 1.91. The number of carbonyl (C=O) groups excluding carboxylic acids is 3. The Morgan fingerprint density at radius 1 is 0.950 bits per heavy atom. The van der Waals surface area contributed by atoms with E-state index in [-0.39, 0.29) is 24.1 Å². The van der Waals surface area contributed by atoms with Gasteiger partial charge in [-0.05, 0) is 25.0 Å². The van der Waals surface area contributed by atoms with Gasteiger partial charge in [-0.15, -0.1) is 0 Å². The van der Waals surface area contributed by atoms with Gasteiger partial charge in [-0.1, -0.05) is 6.42 Å². The van der Waals surface area contributed by atoms with Crippen LogP contribution in [-0.2, 0) is 14.4 Å². The van der Waals surface area contributed by atoms with Crippen molar-refractivity contribution in [2.75, 3.05) is 19.8 Å². The topological polar surface area (TPSA) is 87.3 Å². The molecule has 0 heterocycles. The molecule has 0 spiro atoms. The lowest BCUT2D eigenvalue weighted by Gasteiger charge is -2.17. The van der Waals surface area contributed by atoms with Crippen molar-refractivity contribution in [1.29, 1.82) is 0 Å². The van der Waals surface area contributed by atoms with Crippen LogP contribution in [-0.4, -0.2) is 43.6 Å². The Morgan fingerprint density at radius 3 is 2.20 bits per heavy atom. The Kier molecular flexibility index (Phi) is 10.9. The van der Waals surface area contributed by atoms with Crippen LogP contribution in [0.5, 0.6) is 0 Å². The minimum absolute atomic E-state index is 0.151. The lowest BCUT2D eigenvalue weighted by molar-refractivity contribution is -0.129. The van der Waals surface area contributed by atoms with Crippen LogP contribution in [0, 0.1) is 0 Å². The summed E-state index contributed by atoms with van der Waals surface area (Å²) in [4.78, 5) is 34.6. The first-order valence-electron chi connectivity index (χ1n) is 6.87. The zero-order chi connectivity index (χ0) is 15.4. The molecule has 20 heavy (non-hydrogen) atoms. The molecule has 0 aliphatic heterocycles. The molecule has 0 saturated heterocycles. The van der Waals surface area contributed by atoms with E-state index in [9.17, 15) is 14.4 Å². The third-order valence-corrected chi connectivity index (χ3v) is 3.22. The van der Waals surface area contributed by atoms with Gasteiger partial charge < -0.3 is 16.0 Å². The number of amides is 3. The van der Waals surface area contributed by atoms with E-state index in [0.29, 0.717) is 12.8 Å². The molecule has 0 bridgehead atoms. The lowest BCUT2D eigenvalue weighted by Crippen LogP contribution is -2.46. The first kappa shape index (κ1) is 18.8. The van der Waals surface area contributed by atoms with E-state index in [1.807, 2.05) is 0 Å². The van der Waals surface area contributed by atoms with Gasteiger partial charge in [-0.3, -0.25) is 14.4 Å². The number of rotatable bonds is 10. The van der Waals surface area contributed by atoms with Gasteiger partial charge in [0, 0.05) is 26.9 Å². The number of carbonyl (C=O) groups is 3. The number of nitrogens with one attached hydrogen (secondary N) is 3. The molecule has 0 aliphatic rings. The average Bonchev–Trinajstić information content (AvgIpc) is 2.46. The van der Waals surface area contributed by atoms with Gasteiger partial charge in [0.2, 0.25) is 17.7 Å². The van der Waals surface area contributed by atoms with Crippen molar-refractivity contribution in [3.63, 3.8) is 0 Å². The number of hydrogen-bond acceptors (Lipinski definition) is 4. The molecule has 0 aliphatic carbocycles. The van der Waals surface area contributed by atoms with Crippen LogP contribution in [0.3, 0.4) is 0 Å². The average molecular weight is 303 g/mol. The number of thiol groups is 1. The summed E-state index contributed by atoms with van der Waals surface area (Å²) in [5.74, 6) is 0.225. The highest BCUT2D eigenvalue weighted by Crippen LogP contribution is 2.03. The molecule has 1 atom stereocenters. The molecule has 0 rings (SSSR count). The molecule has 0 aromatic heterocycles. The molecule has 7 heteroatoms. The number of hydrogen-bond donors (Lipinski definition) is 4. The van der Waals surface area contributed by atoms with Crippen molar-refractivity contribution >= 4 is 30.4 Å². The first-order chi connectivity index (χ1) is 9.54. The zero-order valence-electron chi connectivity index (χ0n) is 12.2. The van der Waals surface area contributed by atoms with E-state index in [1.165, 1.54) is 14.1 Å². The second-order valence-corrected chi connectivity index (χ2v) is 4.93. The predicted octanol–water partition coefficient (Wildman–Crippen LogP) is 0.234. The van der Waals surface area contributed by atoms with Gasteiger partial charge >= 0.3 is 0 Å². The molecular formula is C13H25N3O3S. The molecule has 0 fully saturated rings. The molecular weight excluding hydrogens is 278 g/mol. The molecule has 3 amide bonds. The lowest BCUT2D eigenvalue weighted by atomic mass is 10.1. The highest BCUT2D eigenvalue weighted by atomic mass is 32.1. The fourth-order valence-electron chi connectivity index (χ4n) is 1.68. The Bertz CT molecular complexity index is 324. The maximum atomic E-state index is 11.7. The third-order valence-electron chi connectivity index (χ3n) is 2.90. The summed E-state index contributed by atoms with van der Waals surface area (Å²) in [6.07, 6.45) is 3.59. The van der Waals surface area contributed by atoms with Crippen LogP contribution < -0.4 is 16.0 Å². The van der Waals surface area contributed by atoms with Gasteiger partial charge in [0.1, 0.15) is 6.04 Å². The van der Waals surface area contributed by atoms with Crippen LogP contribution >= 0.6 is 12.6 Å². The molecule has 1 unspecified atom stereocenters. The van der Waals surface area contributed by atoms with Crippen LogP contribution in [0.1, 0.15) is 38.5 Å². The summed E-state index contributed by atoms with van der Waals surface area (Å²) in [5.41, 5.74) is 0. The molecule has 0 radical (unpaired) electrons. The van der Waals surface area contributed by atoms with Gasteiger partial charge in [0.15, 0.2) is 0 Å². The highest BCUT2D eigenvalue weighted by Gasteiger charge is 2.20. The Balaban J connectivity index is 4.17. The highest BCUT2D eigenvalue weighted by molar-refractivity contribution is 7.80. The van der Waals surface area contributed by atoms with Crippen molar-refractivity contribution in [1.82, 2.24) is 16.0 Å². The monoisotopic (exact) mass is 303 g/mol. The summed E-state index contributed by atoms with van der Waals surface area (Å²) in [6.45, 7) is 0. The largest absolute Gasteiger partial charge is 0.359 e. The maximum absolute atomic E-state index is 11.7. The van der Waals surface area contributed by atoms with E-state index in [2.05, 4.69) is 28.6 Å². The third kappa shape index (κ3) is 8.79.